The Morgan fingerprint density at radius 2 is 2.30 bits per heavy atom. The molecule has 1 aromatic heterocycles. The summed E-state index contributed by atoms with van der Waals surface area (Å²) in [5.41, 5.74) is 1.97. The number of rotatable bonds is 4. The largest absolute Gasteiger partial charge is 0.462 e. The first-order valence-corrected chi connectivity index (χ1v) is 8.57. The Morgan fingerprint density at radius 1 is 1.48 bits per heavy atom. The third-order valence-electron chi connectivity index (χ3n) is 4.08. The van der Waals surface area contributed by atoms with Crippen LogP contribution >= 0.6 is 15.9 Å². The monoisotopic (exact) mass is 378 g/mol. The number of anilines is 1. The molecule has 0 bridgehead atoms. The van der Waals surface area contributed by atoms with E-state index in [1.165, 1.54) is 0 Å². The second kappa shape index (κ2) is 6.84. The van der Waals surface area contributed by atoms with Crippen LogP contribution in [-0.4, -0.2) is 34.8 Å². The zero-order valence-corrected chi connectivity index (χ0v) is 14.5. The third kappa shape index (κ3) is 3.48. The molecule has 122 valence electrons. The van der Waals surface area contributed by atoms with Gasteiger partial charge in [0, 0.05) is 22.1 Å². The lowest BCUT2D eigenvalue weighted by Crippen LogP contribution is -2.20. The zero-order valence-electron chi connectivity index (χ0n) is 12.9. The van der Waals surface area contributed by atoms with Crippen molar-refractivity contribution in [2.24, 2.45) is 0 Å². The van der Waals surface area contributed by atoms with E-state index in [9.17, 15) is 9.90 Å². The maximum atomic E-state index is 12.3. The lowest BCUT2D eigenvalue weighted by molar-refractivity contribution is 0.0527. The first-order chi connectivity index (χ1) is 11.1. The lowest BCUT2D eigenvalue weighted by atomic mass is 10.1. The highest BCUT2D eigenvalue weighted by atomic mass is 79.9. The van der Waals surface area contributed by atoms with Crippen LogP contribution in [0.1, 0.15) is 36.5 Å². The SMILES string of the molecule is CCOC(=O)c1cnc2ccc(Br)cc2c1N[C@H]1CC[C@@H](O)C1. The molecular formula is C17H19BrN2O3. The van der Waals surface area contributed by atoms with E-state index in [0.29, 0.717) is 18.6 Å². The number of nitrogens with one attached hydrogen (secondary N) is 1. The predicted octanol–water partition coefficient (Wildman–Crippen LogP) is 3.50. The van der Waals surface area contributed by atoms with E-state index in [1.807, 2.05) is 18.2 Å². The molecule has 0 unspecified atom stereocenters. The Bertz CT molecular complexity index is 735. The highest BCUT2D eigenvalue weighted by molar-refractivity contribution is 9.10. The molecule has 1 fully saturated rings. The van der Waals surface area contributed by atoms with Crippen molar-refractivity contribution in [1.29, 1.82) is 0 Å². The number of halogens is 1. The molecule has 0 aliphatic heterocycles. The van der Waals surface area contributed by atoms with Gasteiger partial charge in [0.15, 0.2) is 0 Å². The molecule has 3 rings (SSSR count). The maximum absolute atomic E-state index is 12.3. The van der Waals surface area contributed by atoms with E-state index in [4.69, 9.17) is 4.74 Å². The summed E-state index contributed by atoms with van der Waals surface area (Å²) in [6.07, 6.45) is 3.61. The second-order valence-electron chi connectivity index (χ2n) is 5.74. The van der Waals surface area contributed by atoms with Crippen molar-refractivity contribution in [3.63, 3.8) is 0 Å². The van der Waals surface area contributed by atoms with Gasteiger partial charge in [0.05, 0.1) is 23.9 Å². The van der Waals surface area contributed by atoms with Crippen LogP contribution in [-0.2, 0) is 4.74 Å². The normalized spacial score (nSPS) is 20.7. The smallest absolute Gasteiger partial charge is 0.341 e. The lowest BCUT2D eigenvalue weighted by Gasteiger charge is -2.18. The van der Waals surface area contributed by atoms with Crippen molar-refractivity contribution in [3.05, 3.63) is 34.4 Å². The summed E-state index contributed by atoms with van der Waals surface area (Å²) in [6, 6.07) is 5.91. The number of carbonyl (C=O) groups is 1. The molecule has 5 nitrogen and oxygen atoms in total. The number of aliphatic hydroxyl groups is 1. The molecular weight excluding hydrogens is 360 g/mol. The summed E-state index contributed by atoms with van der Waals surface area (Å²) in [4.78, 5) is 16.6. The Morgan fingerprint density at radius 3 is 3.00 bits per heavy atom. The van der Waals surface area contributed by atoms with Crippen LogP contribution in [0.15, 0.2) is 28.9 Å². The van der Waals surface area contributed by atoms with Crippen LogP contribution in [0.25, 0.3) is 10.9 Å². The number of benzene rings is 1. The molecule has 1 saturated carbocycles. The first kappa shape index (κ1) is 16.2. The standard InChI is InChI=1S/C17H19BrN2O3/c1-2-23-17(22)14-9-19-15-6-3-10(18)7-13(15)16(14)20-11-4-5-12(21)8-11/h3,6-7,9,11-12,21H,2,4-5,8H2,1H3,(H,19,20)/t11-,12+/m0/s1. The molecule has 0 spiro atoms. The van der Waals surface area contributed by atoms with E-state index in [2.05, 4.69) is 26.2 Å². The predicted molar refractivity (Wildman–Crippen MR) is 92.7 cm³/mol. The van der Waals surface area contributed by atoms with Crippen molar-refractivity contribution in [1.82, 2.24) is 4.98 Å². The number of aliphatic hydroxyl groups excluding tert-OH is 1. The molecule has 2 atom stereocenters. The fourth-order valence-corrected chi connectivity index (χ4v) is 3.34. The maximum Gasteiger partial charge on any atom is 0.341 e. The van der Waals surface area contributed by atoms with Crippen molar-refractivity contribution in [3.8, 4) is 0 Å². The number of aromatic nitrogens is 1. The van der Waals surface area contributed by atoms with E-state index < -0.39 is 0 Å². The molecule has 0 amide bonds. The Labute approximate surface area is 143 Å². The van der Waals surface area contributed by atoms with Crippen LogP contribution in [0.2, 0.25) is 0 Å². The summed E-state index contributed by atoms with van der Waals surface area (Å²) in [7, 11) is 0. The second-order valence-corrected chi connectivity index (χ2v) is 6.65. The quantitative estimate of drug-likeness (QED) is 0.796. The Kier molecular flexibility index (Phi) is 4.82. The molecule has 2 N–H and O–H groups in total. The minimum absolute atomic E-state index is 0.141. The zero-order chi connectivity index (χ0) is 16.4. The number of pyridine rings is 1. The molecule has 1 aromatic carbocycles. The van der Waals surface area contributed by atoms with E-state index >= 15 is 0 Å². The van der Waals surface area contributed by atoms with Gasteiger partial charge in [-0.1, -0.05) is 15.9 Å². The molecule has 0 radical (unpaired) electrons. The van der Waals surface area contributed by atoms with Crippen LogP contribution in [0.4, 0.5) is 5.69 Å². The summed E-state index contributed by atoms with van der Waals surface area (Å²) >= 11 is 3.47. The number of hydrogen-bond donors (Lipinski definition) is 2. The summed E-state index contributed by atoms with van der Waals surface area (Å²) in [5, 5.41) is 14.0. The van der Waals surface area contributed by atoms with Crippen molar-refractivity contribution >= 4 is 38.5 Å². The van der Waals surface area contributed by atoms with Gasteiger partial charge in [0.1, 0.15) is 5.56 Å². The molecule has 6 heteroatoms. The summed E-state index contributed by atoms with van der Waals surface area (Å²) < 4.78 is 6.07. The molecule has 2 aromatic rings. The summed E-state index contributed by atoms with van der Waals surface area (Å²) in [6.45, 7) is 2.10. The average molecular weight is 379 g/mol. The van der Waals surface area contributed by atoms with E-state index in [1.54, 1.807) is 13.1 Å². The van der Waals surface area contributed by atoms with Crippen LogP contribution in [0.3, 0.4) is 0 Å². The average Bonchev–Trinajstić information content (AvgIpc) is 2.93. The molecule has 1 heterocycles. The van der Waals surface area contributed by atoms with E-state index in [0.717, 1.165) is 33.9 Å². The van der Waals surface area contributed by atoms with E-state index in [-0.39, 0.29) is 18.1 Å². The number of fused-ring (bicyclic) bond motifs is 1. The van der Waals surface area contributed by atoms with Gasteiger partial charge >= 0.3 is 5.97 Å². The fourth-order valence-electron chi connectivity index (χ4n) is 2.98. The Balaban J connectivity index is 2.06. The van der Waals surface area contributed by atoms with Gasteiger partial charge in [-0.3, -0.25) is 4.98 Å². The summed E-state index contributed by atoms with van der Waals surface area (Å²) in [5.74, 6) is -0.386. The van der Waals surface area contributed by atoms with Gasteiger partial charge in [-0.05, 0) is 44.4 Å². The fraction of sp³-hybridized carbons (Fsp3) is 0.412. The highest BCUT2D eigenvalue weighted by Crippen LogP contribution is 2.32. The van der Waals surface area contributed by atoms with Gasteiger partial charge in [-0.15, -0.1) is 0 Å². The minimum Gasteiger partial charge on any atom is -0.462 e. The number of ether oxygens (including phenoxy) is 1. The van der Waals surface area contributed by atoms with Crippen LogP contribution in [0.5, 0.6) is 0 Å². The first-order valence-electron chi connectivity index (χ1n) is 7.78. The minimum atomic E-state index is -0.386. The van der Waals surface area contributed by atoms with Crippen molar-refractivity contribution in [2.45, 2.75) is 38.3 Å². The number of carbonyl (C=O) groups excluding carboxylic acids is 1. The van der Waals surface area contributed by atoms with Gasteiger partial charge in [-0.25, -0.2) is 4.79 Å². The van der Waals surface area contributed by atoms with Crippen LogP contribution < -0.4 is 5.32 Å². The number of esters is 1. The van der Waals surface area contributed by atoms with Crippen LogP contribution in [0, 0.1) is 0 Å². The molecule has 0 saturated heterocycles. The highest BCUT2D eigenvalue weighted by Gasteiger charge is 2.25. The number of hydrogen-bond acceptors (Lipinski definition) is 5. The van der Waals surface area contributed by atoms with Crippen molar-refractivity contribution in [2.75, 3.05) is 11.9 Å². The molecule has 1 aliphatic carbocycles. The topological polar surface area (TPSA) is 71.5 Å². The van der Waals surface area contributed by atoms with Gasteiger partial charge < -0.3 is 15.2 Å². The third-order valence-corrected chi connectivity index (χ3v) is 4.57. The molecule has 23 heavy (non-hydrogen) atoms. The Hall–Kier alpha value is -1.66. The van der Waals surface area contributed by atoms with Gasteiger partial charge in [0.2, 0.25) is 0 Å². The van der Waals surface area contributed by atoms with Crippen molar-refractivity contribution < 1.29 is 14.6 Å². The van der Waals surface area contributed by atoms with Gasteiger partial charge in [-0.2, -0.15) is 0 Å². The van der Waals surface area contributed by atoms with Gasteiger partial charge in [0.25, 0.3) is 0 Å². The molecule has 1 aliphatic rings. The number of nitrogens with zero attached hydrogens (tertiary/aromatic N) is 1.